The highest BCUT2D eigenvalue weighted by atomic mass is 15.2. The summed E-state index contributed by atoms with van der Waals surface area (Å²) in [6.07, 6.45) is 19.0. The maximum absolute atomic E-state index is 5.53. The zero-order chi connectivity index (χ0) is 21.8. The molecule has 0 unspecified atom stereocenters. The minimum atomic E-state index is 0.270. The molecule has 162 valence electrons. The van der Waals surface area contributed by atoms with E-state index in [4.69, 9.17) is 5.73 Å². The molecule has 0 saturated carbocycles. The zero-order valence-corrected chi connectivity index (χ0v) is 18.7. The van der Waals surface area contributed by atoms with Crippen LogP contribution in [0.15, 0.2) is 81.3 Å². The smallest absolute Gasteiger partial charge is 0.0859 e. The number of allylic oxidation sites excluding steroid dienone is 7. The van der Waals surface area contributed by atoms with E-state index in [1.807, 2.05) is 25.2 Å². The number of nitrogens with zero attached hydrogens (tertiary/aromatic N) is 4. The Morgan fingerprint density at radius 2 is 1.93 bits per heavy atom. The predicted molar refractivity (Wildman–Crippen MR) is 131 cm³/mol. The van der Waals surface area contributed by atoms with Gasteiger partial charge in [-0.3, -0.25) is 9.98 Å². The van der Waals surface area contributed by atoms with Crippen molar-refractivity contribution in [3.8, 4) is 0 Å². The highest BCUT2D eigenvalue weighted by Gasteiger charge is 2.23. The lowest BCUT2D eigenvalue weighted by Crippen LogP contribution is -2.26. The van der Waals surface area contributed by atoms with Crippen LogP contribution in [0.1, 0.15) is 39.5 Å². The monoisotopic (exact) mass is 407 g/mol. The standard InChI is InChI=1S/C25H37N5/c1-5-7-9-12-24(21(3)18-29-14-10-8-11-15-29)30-16-13-23(19-30)25(27-4)22(6-2)17-28-20-26/h5-7,9,12,17-18H,1,4,8,10-11,13-16,19-20,26H2,2-3H3/b9-7+,21-18-,22-6+,24-12+,25-23-,28-17?. The molecule has 0 bridgehead atoms. The van der Waals surface area contributed by atoms with Crippen LogP contribution in [0.2, 0.25) is 0 Å². The van der Waals surface area contributed by atoms with Crippen molar-refractivity contribution in [3.63, 3.8) is 0 Å². The van der Waals surface area contributed by atoms with Gasteiger partial charge in [0.2, 0.25) is 0 Å². The van der Waals surface area contributed by atoms with Crippen molar-refractivity contribution < 1.29 is 0 Å². The number of aliphatic imine (C=N–C) groups is 2. The Bertz CT molecular complexity index is 773. The molecule has 0 atom stereocenters. The van der Waals surface area contributed by atoms with E-state index in [1.54, 1.807) is 6.21 Å². The molecule has 2 N–H and O–H groups in total. The number of nitrogens with two attached hydrogens (primary N) is 1. The summed E-state index contributed by atoms with van der Waals surface area (Å²) in [5.74, 6) is 0. The molecular weight excluding hydrogens is 370 g/mol. The summed E-state index contributed by atoms with van der Waals surface area (Å²) in [7, 11) is 0. The third kappa shape index (κ3) is 6.70. The van der Waals surface area contributed by atoms with Crippen molar-refractivity contribution in [1.82, 2.24) is 9.80 Å². The number of rotatable bonds is 9. The minimum Gasteiger partial charge on any atom is -0.377 e. The summed E-state index contributed by atoms with van der Waals surface area (Å²) >= 11 is 0. The second-order valence-electron chi connectivity index (χ2n) is 7.60. The summed E-state index contributed by atoms with van der Waals surface area (Å²) in [5, 5.41) is 0. The first-order valence-electron chi connectivity index (χ1n) is 10.9. The van der Waals surface area contributed by atoms with Crippen molar-refractivity contribution in [1.29, 1.82) is 0 Å². The van der Waals surface area contributed by atoms with Crippen molar-refractivity contribution in [2.45, 2.75) is 39.5 Å². The topological polar surface area (TPSA) is 57.2 Å². The van der Waals surface area contributed by atoms with Crippen LogP contribution in [0.3, 0.4) is 0 Å². The molecule has 2 aliphatic heterocycles. The van der Waals surface area contributed by atoms with Gasteiger partial charge in [0.15, 0.2) is 0 Å². The Hall–Kier alpha value is -2.66. The van der Waals surface area contributed by atoms with Gasteiger partial charge in [0, 0.05) is 49.9 Å². The molecular formula is C25H37N5. The molecule has 0 aromatic rings. The maximum atomic E-state index is 5.53. The molecule has 2 fully saturated rings. The largest absolute Gasteiger partial charge is 0.377 e. The van der Waals surface area contributed by atoms with E-state index in [0.29, 0.717) is 0 Å². The average molecular weight is 408 g/mol. The summed E-state index contributed by atoms with van der Waals surface area (Å²) in [6, 6.07) is 0. The Labute approximate surface area is 182 Å². The molecule has 30 heavy (non-hydrogen) atoms. The van der Waals surface area contributed by atoms with Gasteiger partial charge in [-0.25, -0.2) is 0 Å². The average Bonchev–Trinajstić information content (AvgIpc) is 3.24. The lowest BCUT2D eigenvalue weighted by atomic mass is 10.1. The molecule has 2 heterocycles. The SMILES string of the molecule is C=C/C=C/C=C(\C(C)=C/N1CCCCC1)N1CC/C(=C(N=C)\C(C=NCN)=C\C)C1. The first-order chi connectivity index (χ1) is 14.6. The third-order valence-electron chi connectivity index (χ3n) is 5.49. The Morgan fingerprint density at radius 3 is 2.57 bits per heavy atom. The highest BCUT2D eigenvalue weighted by molar-refractivity contribution is 5.85. The Morgan fingerprint density at radius 1 is 1.17 bits per heavy atom. The van der Waals surface area contributed by atoms with E-state index in [-0.39, 0.29) is 6.67 Å². The van der Waals surface area contributed by atoms with Crippen LogP contribution in [0, 0.1) is 0 Å². The van der Waals surface area contributed by atoms with Crippen LogP contribution in [-0.4, -0.2) is 55.6 Å². The van der Waals surface area contributed by atoms with Crippen LogP contribution in [0.4, 0.5) is 0 Å². The fourth-order valence-corrected chi connectivity index (χ4v) is 3.99. The van der Waals surface area contributed by atoms with Crippen molar-refractivity contribution in [3.05, 3.63) is 71.3 Å². The van der Waals surface area contributed by atoms with E-state index in [1.165, 1.54) is 36.1 Å². The highest BCUT2D eigenvalue weighted by Crippen LogP contribution is 2.29. The van der Waals surface area contributed by atoms with E-state index in [2.05, 4.69) is 58.4 Å². The molecule has 0 aromatic carbocycles. The lowest BCUT2D eigenvalue weighted by Gasteiger charge is -2.28. The summed E-state index contributed by atoms with van der Waals surface area (Å²) in [4.78, 5) is 13.4. The van der Waals surface area contributed by atoms with Gasteiger partial charge in [-0.05, 0) is 63.5 Å². The number of hydrogen-bond donors (Lipinski definition) is 1. The van der Waals surface area contributed by atoms with Crippen molar-refractivity contribution >= 4 is 12.9 Å². The Balaban J connectivity index is 2.30. The molecule has 0 amide bonds. The van der Waals surface area contributed by atoms with Gasteiger partial charge < -0.3 is 15.5 Å². The van der Waals surface area contributed by atoms with Gasteiger partial charge in [-0.2, -0.15) is 0 Å². The molecule has 2 aliphatic rings. The van der Waals surface area contributed by atoms with E-state index in [0.717, 1.165) is 43.9 Å². The number of piperidine rings is 1. The van der Waals surface area contributed by atoms with Gasteiger partial charge in [0.05, 0.1) is 12.4 Å². The van der Waals surface area contributed by atoms with Crippen LogP contribution in [0.5, 0.6) is 0 Å². The van der Waals surface area contributed by atoms with Gasteiger partial charge in [-0.1, -0.05) is 30.9 Å². The summed E-state index contributed by atoms with van der Waals surface area (Å²) in [6.45, 7) is 16.2. The minimum absolute atomic E-state index is 0.270. The molecule has 5 nitrogen and oxygen atoms in total. The van der Waals surface area contributed by atoms with E-state index >= 15 is 0 Å². The normalized spacial score (nSPS) is 21.1. The van der Waals surface area contributed by atoms with Crippen LogP contribution >= 0.6 is 0 Å². The molecule has 0 radical (unpaired) electrons. The van der Waals surface area contributed by atoms with Crippen molar-refractivity contribution in [2.75, 3.05) is 32.8 Å². The molecule has 5 heteroatoms. The fraction of sp³-hybridized carbons (Fsp3) is 0.440. The first kappa shape index (κ1) is 23.6. The van der Waals surface area contributed by atoms with Gasteiger partial charge in [0.1, 0.15) is 0 Å². The molecule has 2 saturated heterocycles. The Kier molecular flexibility index (Phi) is 10.1. The van der Waals surface area contributed by atoms with Gasteiger partial charge >= 0.3 is 0 Å². The molecule has 0 aliphatic carbocycles. The fourth-order valence-electron chi connectivity index (χ4n) is 3.99. The number of hydrogen-bond acceptors (Lipinski definition) is 5. The second kappa shape index (κ2) is 12.8. The first-order valence-corrected chi connectivity index (χ1v) is 10.9. The quantitative estimate of drug-likeness (QED) is 0.449. The predicted octanol–water partition coefficient (Wildman–Crippen LogP) is 4.60. The molecule has 2 rings (SSSR count). The van der Waals surface area contributed by atoms with Crippen LogP contribution < -0.4 is 5.73 Å². The third-order valence-corrected chi connectivity index (χ3v) is 5.49. The zero-order valence-electron chi connectivity index (χ0n) is 18.7. The number of likely N-dealkylation sites (tertiary alicyclic amines) is 2. The molecule has 0 spiro atoms. The van der Waals surface area contributed by atoms with Crippen LogP contribution in [-0.2, 0) is 0 Å². The second-order valence-corrected chi connectivity index (χ2v) is 7.60. The van der Waals surface area contributed by atoms with E-state index in [9.17, 15) is 0 Å². The van der Waals surface area contributed by atoms with Gasteiger partial charge in [0.25, 0.3) is 0 Å². The maximum Gasteiger partial charge on any atom is 0.0859 e. The van der Waals surface area contributed by atoms with Gasteiger partial charge in [-0.15, -0.1) is 0 Å². The lowest BCUT2D eigenvalue weighted by molar-refractivity contribution is 0.306. The molecule has 0 aromatic heterocycles. The van der Waals surface area contributed by atoms with Crippen molar-refractivity contribution in [2.24, 2.45) is 15.7 Å². The van der Waals surface area contributed by atoms with E-state index < -0.39 is 0 Å². The van der Waals surface area contributed by atoms with Crippen LogP contribution in [0.25, 0.3) is 0 Å². The summed E-state index contributed by atoms with van der Waals surface area (Å²) < 4.78 is 0. The summed E-state index contributed by atoms with van der Waals surface area (Å²) in [5.41, 5.74) is 11.2.